The normalized spacial score (nSPS) is 32.0. The van der Waals surface area contributed by atoms with Crippen LogP contribution in [0.15, 0.2) is 0 Å². The van der Waals surface area contributed by atoms with Gasteiger partial charge < -0.3 is 10.6 Å². The van der Waals surface area contributed by atoms with Gasteiger partial charge in [-0.25, -0.2) is 0 Å². The quantitative estimate of drug-likeness (QED) is 0.707. The molecule has 0 radical (unpaired) electrons. The van der Waals surface area contributed by atoms with E-state index < -0.39 is 0 Å². The van der Waals surface area contributed by atoms with E-state index in [4.69, 9.17) is 0 Å². The van der Waals surface area contributed by atoms with Crippen LogP contribution in [0.2, 0.25) is 0 Å². The van der Waals surface area contributed by atoms with Crippen molar-refractivity contribution >= 4 is 11.8 Å². The lowest BCUT2D eigenvalue weighted by molar-refractivity contribution is -0.124. The Morgan fingerprint density at radius 2 is 1.95 bits per heavy atom. The Labute approximate surface area is 127 Å². The van der Waals surface area contributed by atoms with E-state index in [1.807, 2.05) is 0 Å². The molecule has 21 heavy (non-hydrogen) atoms. The fourth-order valence-electron chi connectivity index (χ4n) is 4.29. The molecule has 4 atom stereocenters. The maximum Gasteiger partial charge on any atom is 0.223 e. The van der Waals surface area contributed by atoms with Gasteiger partial charge in [0.2, 0.25) is 11.8 Å². The fourth-order valence-corrected chi connectivity index (χ4v) is 4.29. The molecule has 3 saturated carbocycles. The fraction of sp³-hybridized carbons (Fsp3) is 0.882. The molecule has 0 saturated heterocycles. The van der Waals surface area contributed by atoms with Crippen molar-refractivity contribution in [3.8, 4) is 0 Å². The molecule has 3 aliphatic rings. The highest BCUT2D eigenvalue weighted by Crippen LogP contribution is 2.49. The Morgan fingerprint density at radius 1 is 1.14 bits per heavy atom. The van der Waals surface area contributed by atoms with Gasteiger partial charge in [-0.1, -0.05) is 6.42 Å². The molecule has 2 N–H and O–H groups in total. The highest BCUT2D eigenvalue weighted by Gasteiger charge is 2.42. The van der Waals surface area contributed by atoms with Gasteiger partial charge in [-0.2, -0.15) is 0 Å². The highest BCUT2D eigenvalue weighted by molar-refractivity contribution is 5.81. The summed E-state index contributed by atoms with van der Waals surface area (Å²) in [5.41, 5.74) is 0. The van der Waals surface area contributed by atoms with E-state index in [0.29, 0.717) is 24.9 Å². The van der Waals surface area contributed by atoms with Crippen molar-refractivity contribution in [1.29, 1.82) is 0 Å². The highest BCUT2D eigenvalue weighted by atomic mass is 16.2. The summed E-state index contributed by atoms with van der Waals surface area (Å²) in [5, 5.41) is 6.09. The average Bonchev–Trinajstić information content (AvgIpc) is 3.11. The molecular weight excluding hydrogens is 264 g/mol. The summed E-state index contributed by atoms with van der Waals surface area (Å²) in [4.78, 5) is 23.4. The van der Waals surface area contributed by atoms with Gasteiger partial charge in [-0.15, -0.1) is 0 Å². The maximum absolute atomic E-state index is 12.0. The Kier molecular flexibility index (Phi) is 4.51. The predicted molar refractivity (Wildman–Crippen MR) is 81.5 cm³/mol. The van der Waals surface area contributed by atoms with Gasteiger partial charge in [0.1, 0.15) is 0 Å². The van der Waals surface area contributed by atoms with Crippen LogP contribution in [-0.2, 0) is 9.59 Å². The molecule has 3 rings (SSSR count). The number of carbonyl (C=O) groups excluding carboxylic acids is 2. The second-order valence-corrected chi connectivity index (χ2v) is 7.36. The van der Waals surface area contributed by atoms with Crippen molar-refractivity contribution in [2.75, 3.05) is 6.54 Å². The number of amides is 2. The zero-order chi connectivity index (χ0) is 14.8. The first-order valence-electron chi connectivity index (χ1n) is 8.70. The van der Waals surface area contributed by atoms with Crippen LogP contribution < -0.4 is 10.6 Å². The Morgan fingerprint density at radius 3 is 2.57 bits per heavy atom. The minimum atomic E-state index is 0.144. The van der Waals surface area contributed by atoms with Crippen LogP contribution in [-0.4, -0.2) is 24.4 Å². The summed E-state index contributed by atoms with van der Waals surface area (Å²) < 4.78 is 0. The van der Waals surface area contributed by atoms with Crippen molar-refractivity contribution < 1.29 is 9.59 Å². The monoisotopic (exact) mass is 292 g/mol. The van der Waals surface area contributed by atoms with E-state index in [1.165, 1.54) is 25.7 Å². The van der Waals surface area contributed by atoms with E-state index in [1.54, 1.807) is 0 Å². The largest absolute Gasteiger partial charge is 0.356 e. The SMILES string of the molecule is CC(NC(=O)CCCNC(=O)C1CC1)C1CC2CCC1C2. The molecule has 0 aliphatic heterocycles. The van der Waals surface area contributed by atoms with Crippen LogP contribution in [0.25, 0.3) is 0 Å². The summed E-state index contributed by atoms with van der Waals surface area (Å²) in [5.74, 6) is 3.05. The molecule has 118 valence electrons. The maximum atomic E-state index is 12.0. The van der Waals surface area contributed by atoms with E-state index in [9.17, 15) is 9.59 Å². The third kappa shape index (κ3) is 3.78. The molecule has 4 unspecified atom stereocenters. The van der Waals surface area contributed by atoms with E-state index in [0.717, 1.165) is 31.1 Å². The first kappa shape index (κ1) is 14.9. The Bertz CT molecular complexity index is 406. The van der Waals surface area contributed by atoms with E-state index in [2.05, 4.69) is 17.6 Å². The summed E-state index contributed by atoms with van der Waals surface area (Å²) in [7, 11) is 0. The number of nitrogens with one attached hydrogen (secondary N) is 2. The van der Waals surface area contributed by atoms with Gasteiger partial charge in [0.25, 0.3) is 0 Å². The first-order chi connectivity index (χ1) is 10.1. The lowest BCUT2D eigenvalue weighted by Crippen LogP contribution is -2.40. The van der Waals surface area contributed by atoms with E-state index >= 15 is 0 Å². The summed E-state index contributed by atoms with van der Waals surface area (Å²) in [6.07, 6.45) is 8.80. The number of rotatable bonds is 7. The summed E-state index contributed by atoms with van der Waals surface area (Å²) in [6.45, 7) is 2.80. The zero-order valence-corrected chi connectivity index (χ0v) is 13.1. The third-order valence-corrected chi connectivity index (χ3v) is 5.65. The minimum Gasteiger partial charge on any atom is -0.356 e. The summed E-state index contributed by atoms with van der Waals surface area (Å²) in [6, 6.07) is 0.314. The van der Waals surface area contributed by atoms with Crippen LogP contribution in [0.5, 0.6) is 0 Å². The zero-order valence-electron chi connectivity index (χ0n) is 13.1. The number of fused-ring (bicyclic) bond motifs is 2. The van der Waals surface area contributed by atoms with Crippen LogP contribution in [0, 0.1) is 23.7 Å². The average molecular weight is 292 g/mol. The third-order valence-electron chi connectivity index (χ3n) is 5.65. The number of carbonyl (C=O) groups is 2. The molecule has 4 heteroatoms. The lowest BCUT2D eigenvalue weighted by atomic mass is 9.84. The Balaban J connectivity index is 1.29. The molecule has 3 fully saturated rings. The molecule has 3 aliphatic carbocycles. The number of hydrogen-bond acceptors (Lipinski definition) is 2. The van der Waals surface area contributed by atoms with Gasteiger partial charge in [0, 0.05) is 24.9 Å². The predicted octanol–water partition coefficient (Wildman–Crippen LogP) is 2.23. The molecule has 0 spiro atoms. The smallest absolute Gasteiger partial charge is 0.223 e. The van der Waals surface area contributed by atoms with Crippen LogP contribution >= 0.6 is 0 Å². The molecule has 0 aromatic carbocycles. The van der Waals surface area contributed by atoms with Crippen LogP contribution in [0.3, 0.4) is 0 Å². The van der Waals surface area contributed by atoms with Crippen LogP contribution in [0.1, 0.15) is 58.3 Å². The molecule has 0 heterocycles. The molecule has 2 amide bonds. The van der Waals surface area contributed by atoms with Gasteiger partial charge in [-0.05, 0) is 63.2 Å². The van der Waals surface area contributed by atoms with Crippen molar-refractivity contribution in [2.24, 2.45) is 23.7 Å². The molecule has 2 bridgehead atoms. The Hall–Kier alpha value is -1.06. The number of hydrogen-bond donors (Lipinski definition) is 2. The van der Waals surface area contributed by atoms with Crippen molar-refractivity contribution in [1.82, 2.24) is 10.6 Å². The van der Waals surface area contributed by atoms with Gasteiger partial charge in [0.05, 0.1) is 0 Å². The van der Waals surface area contributed by atoms with Gasteiger partial charge in [-0.3, -0.25) is 9.59 Å². The summed E-state index contributed by atoms with van der Waals surface area (Å²) >= 11 is 0. The first-order valence-corrected chi connectivity index (χ1v) is 8.70. The molecule has 0 aromatic heterocycles. The standard InChI is InChI=1S/C17H28N2O2/c1-11(15-10-12-4-5-14(15)9-12)19-16(20)3-2-8-18-17(21)13-6-7-13/h11-15H,2-10H2,1H3,(H,18,21)(H,19,20). The van der Waals surface area contributed by atoms with Crippen LogP contribution in [0.4, 0.5) is 0 Å². The topological polar surface area (TPSA) is 58.2 Å². The minimum absolute atomic E-state index is 0.144. The molecule has 4 nitrogen and oxygen atoms in total. The van der Waals surface area contributed by atoms with Crippen molar-refractivity contribution in [3.05, 3.63) is 0 Å². The second kappa shape index (κ2) is 6.37. The van der Waals surface area contributed by atoms with E-state index in [-0.39, 0.29) is 17.7 Å². The van der Waals surface area contributed by atoms with Gasteiger partial charge in [0.15, 0.2) is 0 Å². The molecular formula is C17H28N2O2. The van der Waals surface area contributed by atoms with Crippen molar-refractivity contribution in [3.63, 3.8) is 0 Å². The second-order valence-electron chi connectivity index (χ2n) is 7.36. The molecule has 0 aromatic rings. The van der Waals surface area contributed by atoms with Crippen molar-refractivity contribution in [2.45, 2.75) is 64.3 Å². The van der Waals surface area contributed by atoms with Gasteiger partial charge >= 0.3 is 0 Å². The lowest BCUT2D eigenvalue weighted by Gasteiger charge is -2.28.